The van der Waals surface area contributed by atoms with Crippen LogP contribution in [-0.4, -0.2) is 27.2 Å². The molecule has 1 aromatic heterocycles. The first-order valence-electron chi connectivity index (χ1n) is 12.6. The Morgan fingerprint density at radius 2 is 1.74 bits per heavy atom. The van der Waals surface area contributed by atoms with Gasteiger partial charge in [0, 0.05) is 23.7 Å². The monoisotopic (exact) mass is 540 g/mol. The van der Waals surface area contributed by atoms with Crippen molar-refractivity contribution in [3.8, 4) is 22.9 Å². The number of aliphatic carboxylic acids is 1. The average Bonchev–Trinajstić information content (AvgIpc) is 3.24. The van der Waals surface area contributed by atoms with Gasteiger partial charge in [-0.05, 0) is 54.7 Å². The molecule has 3 aromatic carbocycles. The molecular formula is C29H27ClF2N2O4. The van der Waals surface area contributed by atoms with Crippen molar-refractivity contribution in [3.05, 3.63) is 76.8 Å². The Morgan fingerprint density at radius 1 is 1.00 bits per heavy atom. The van der Waals surface area contributed by atoms with Gasteiger partial charge in [-0.3, -0.25) is 0 Å². The second-order valence-corrected chi connectivity index (χ2v) is 10.00. The molecule has 0 bridgehead atoms. The minimum atomic E-state index is -1.05. The zero-order valence-corrected chi connectivity index (χ0v) is 21.4. The van der Waals surface area contributed by atoms with E-state index in [1.54, 1.807) is 36.4 Å². The predicted molar refractivity (Wildman–Crippen MR) is 141 cm³/mol. The van der Waals surface area contributed by atoms with E-state index in [1.165, 1.54) is 12.5 Å². The van der Waals surface area contributed by atoms with Crippen LogP contribution in [0.15, 0.2) is 54.6 Å². The van der Waals surface area contributed by atoms with Crippen LogP contribution in [0.25, 0.3) is 22.4 Å². The molecule has 1 N–H and O–H groups in total. The lowest BCUT2D eigenvalue weighted by Gasteiger charge is -2.23. The lowest BCUT2D eigenvalue weighted by atomic mass is 9.89. The van der Waals surface area contributed by atoms with Crippen molar-refractivity contribution in [2.45, 2.75) is 45.3 Å². The highest BCUT2D eigenvalue weighted by Gasteiger charge is 2.22. The van der Waals surface area contributed by atoms with E-state index in [-0.39, 0.29) is 6.61 Å². The van der Waals surface area contributed by atoms with Crippen molar-refractivity contribution >= 4 is 28.6 Å². The van der Waals surface area contributed by atoms with Crippen LogP contribution in [0.1, 0.15) is 37.7 Å². The number of imidazole rings is 1. The Kier molecular flexibility index (Phi) is 7.79. The van der Waals surface area contributed by atoms with Gasteiger partial charge in [0.15, 0.2) is 18.2 Å². The second kappa shape index (κ2) is 11.4. The molecule has 5 rings (SSSR count). The summed E-state index contributed by atoms with van der Waals surface area (Å²) < 4.78 is 41.7. The van der Waals surface area contributed by atoms with Gasteiger partial charge in [0.25, 0.3) is 0 Å². The molecular weight excluding hydrogens is 514 g/mol. The van der Waals surface area contributed by atoms with Crippen LogP contribution >= 0.6 is 11.6 Å². The summed E-state index contributed by atoms with van der Waals surface area (Å²) in [5.74, 6) is -0.968. The molecule has 0 saturated heterocycles. The number of ether oxygens (including phenoxy) is 2. The minimum Gasteiger partial charge on any atom is -0.488 e. The van der Waals surface area contributed by atoms with Crippen LogP contribution in [0.2, 0.25) is 5.02 Å². The van der Waals surface area contributed by atoms with Crippen LogP contribution in [-0.2, 0) is 17.9 Å². The first-order valence-corrected chi connectivity index (χ1v) is 13.0. The van der Waals surface area contributed by atoms with E-state index >= 15 is 0 Å². The zero-order valence-electron chi connectivity index (χ0n) is 20.6. The highest BCUT2D eigenvalue weighted by atomic mass is 35.5. The van der Waals surface area contributed by atoms with Gasteiger partial charge in [-0.1, -0.05) is 43.0 Å². The van der Waals surface area contributed by atoms with Crippen LogP contribution in [0.5, 0.6) is 11.5 Å². The number of carboxylic acid groups (broad SMARTS) is 1. The lowest BCUT2D eigenvalue weighted by Crippen LogP contribution is -2.15. The van der Waals surface area contributed by atoms with Gasteiger partial charge < -0.3 is 19.1 Å². The molecule has 0 radical (unpaired) electrons. The second-order valence-electron chi connectivity index (χ2n) is 9.56. The van der Waals surface area contributed by atoms with Crippen molar-refractivity contribution in [1.82, 2.24) is 9.55 Å². The lowest BCUT2D eigenvalue weighted by molar-refractivity contribution is -0.139. The maximum absolute atomic E-state index is 14.3. The first kappa shape index (κ1) is 26.0. The fourth-order valence-corrected chi connectivity index (χ4v) is 5.09. The maximum Gasteiger partial charge on any atom is 0.341 e. The van der Waals surface area contributed by atoms with Crippen LogP contribution in [0.4, 0.5) is 8.78 Å². The number of hydrogen-bond acceptors (Lipinski definition) is 4. The molecule has 38 heavy (non-hydrogen) atoms. The van der Waals surface area contributed by atoms with E-state index in [0.29, 0.717) is 51.4 Å². The SMILES string of the molecule is O=C(O)COc1ccc(COc2cc(Cl)ccc2-c2nc3cc(F)c(F)cc3n2CC2CCCCC2)cc1. The summed E-state index contributed by atoms with van der Waals surface area (Å²) in [6.45, 7) is 0.437. The molecule has 1 fully saturated rings. The van der Waals surface area contributed by atoms with Gasteiger partial charge in [-0.2, -0.15) is 0 Å². The molecule has 0 amide bonds. The smallest absolute Gasteiger partial charge is 0.341 e. The number of rotatable bonds is 9. The number of carboxylic acids is 1. The number of nitrogens with zero attached hydrogens (tertiary/aromatic N) is 2. The summed E-state index contributed by atoms with van der Waals surface area (Å²) in [6.07, 6.45) is 5.70. The minimum absolute atomic E-state index is 0.207. The quantitative estimate of drug-likeness (QED) is 0.242. The van der Waals surface area contributed by atoms with E-state index in [1.807, 2.05) is 10.6 Å². The van der Waals surface area contributed by atoms with Crippen LogP contribution < -0.4 is 9.47 Å². The highest BCUT2D eigenvalue weighted by molar-refractivity contribution is 6.30. The third kappa shape index (κ3) is 5.91. The Labute approximate surface area is 223 Å². The fourth-order valence-electron chi connectivity index (χ4n) is 4.93. The third-order valence-corrected chi connectivity index (χ3v) is 7.06. The molecule has 1 aliphatic carbocycles. The van der Waals surface area contributed by atoms with Crippen molar-refractivity contribution in [2.24, 2.45) is 5.92 Å². The number of benzene rings is 3. The highest BCUT2D eigenvalue weighted by Crippen LogP contribution is 2.37. The topological polar surface area (TPSA) is 73.6 Å². The van der Waals surface area contributed by atoms with Gasteiger partial charge in [-0.15, -0.1) is 0 Å². The van der Waals surface area contributed by atoms with E-state index < -0.39 is 24.2 Å². The number of aromatic nitrogens is 2. The van der Waals surface area contributed by atoms with Gasteiger partial charge in [0.2, 0.25) is 0 Å². The molecule has 4 aromatic rings. The van der Waals surface area contributed by atoms with Gasteiger partial charge >= 0.3 is 5.97 Å². The van der Waals surface area contributed by atoms with Crippen LogP contribution in [0.3, 0.4) is 0 Å². The summed E-state index contributed by atoms with van der Waals surface area (Å²) in [5, 5.41) is 9.25. The Balaban J connectivity index is 1.46. The van der Waals surface area contributed by atoms with Crippen molar-refractivity contribution in [2.75, 3.05) is 6.61 Å². The van der Waals surface area contributed by atoms with E-state index in [4.69, 9.17) is 31.2 Å². The summed E-state index contributed by atoms with van der Waals surface area (Å²) >= 11 is 6.31. The van der Waals surface area contributed by atoms with E-state index in [9.17, 15) is 13.6 Å². The maximum atomic E-state index is 14.3. The summed E-state index contributed by atoms with van der Waals surface area (Å²) in [7, 11) is 0. The summed E-state index contributed by atoms with van der Waals surface area (Å²) in [6, 6.07) is 14.5. The molecule has 1 saturated carbocycles. The molecule has 6 nitrogen and oxygen atoms in total. The number of fused-ring (bicyclic) bond motifs is 1. The van der Waals surface area contributed by atoms with E-state index in [0.717, 1.165) is 37.3 Å². The molecule has 0 spiro atoms. The Morgan fingerprint density at radius 3 is 2.47 bits per heavy atom. The van der Waals surface area contributed by atoms with Crippen molar-refractivity contribution < 1.29 is 28.2 Å². The molecule has 0 aliphatic heterocycles. The number of hydrogen-bond donors (Lipinski definition) is 1. The molecule has 198 valence electrons. The molecule has 1 heterocycles. The third-order valence-electron chi connectivity index (χ3n) is 6.82. The zero-order chi connectivity index (χ0) is 26.6. The molecule has 0 unspecified atom stereocenters. The van der Waals surface area contributed by atoms with Gasteiger partial charge in [0.05, 0.1) is 16.6 Å². The average molecular weight is 541 g/mol. The van der Waals surface area contributed by atoms with Crippen molar-refractivity contribution in [1.29, 1.82) is 0 Å². The molecule has 0 atom stereocenters. The molecule has 1 aliphatic rings. The predicted octanol–water partition coefficient (Wildman–Crippen LogP) is 7.26. The standard InChI is InChI=1S/C29H27ClF2N2O4/c30-20-8-11-22(27(12-20)38-16-19-6-9-21(10-7-19)37-17-28(35)36)29-33-25-13-23(31)24(32)14-26(25)34(29)15-18-4-2-1-3-5-18/h6-14,18H,1-5,15-17H2,(H,35,36). The van der Waals surface area contributed by atoms with Crippen molar-refractivity contribution in [3.63, 3.8) is 0 Å². The van der Waals surface area contributed by atoms with Crippen LogP contribution in [0, 0.1) is 17.6 Å². The normalized spacial score (nSPS) is 14.1. The molecule has 9 heteroatoms. The fraction of sp³-hybridized carbons (Fsp3) is 0.310. The number of halogens is 3. The Bertz CT molecular complexity index is 1450. The number of carbonyl (C=O) groups is 1. The first-order chi connectivity index (χ1) is 18.4. The van der Waals surface area contributed by atoms with Gasteiger partial charge in [0.1, 0.15) is 23.9 Å². The summed E-state index contributed by atoms with van der Waals surface area (Å²) in [4.78, 5) is 15.4. The Hall–Kier alpha value is -3.65. The van der Waals surface area contributed by atoms with E-state index in [2.05, 4.69) is 0 Å². The largest absolute Gasteiger partial charge is 0.488 e. The summed E-state index contributed by atoms with van der Waals surface area (Å²) in [5.41, 5.74) is 2.43. The van der Waals surface area contributed by atoms with Gasteiger partial charge in [-0.25, -0.2) is 18.6 Å².